The first-order valence-corrected chi connectivity index (χ1v) is 9.58. The molecule has 1 aliphatic heterocycles. The van der Waals surface area contributed by atoms with Gasteiger partial charge in [0, 0.05) is 25.2 Å². The summed E-state index contributed by atoms with van der Waals surface area (Å²) in [6, 6.07) is 16.7. The standard InChI is InChI=1S/C22H27N3O3/c1-16(26)23-19-9-6-14-25(15-19)21(17-7-4-3-5-8-17)22(27)24-18-10-12-20(28-2)13-11-18/h3-5,7-8,10-13,19,21H,6,9,14-15H2,1-2H3,(H,23,26)(H,24,27). The third-order valence-corrected chi connectivity index (χ3v) is 4.95. The molecule has 0 spiro atoms. The van der Waals surface area contributed by atoms with Crippen LogP contribution in [0, 0.1) is 0 Å². The molecule has 2 aromatic carbocycles. The Balaban J connectivity index is 1.80. The van der Waals surface area contributed by atoms with Crippen LogP contribution in [0.25, 0.3) is 0 Å². The van der Waals surface area contributed by atoms with Crippen molar-refractivity contribution in [2.45, 2.75) is 31.8 Å². The Morgan fingerprint density at radius 1 is 1.11 bits per heavy atom. The van der Waals surface area contributed by atoms with Gasteiger partial charge in [0.25, 0.3) is 0 Å². The Morgan fingerprint density at radius 2 is 1.82 bits per heavy atom. The Morgan fingerprint density at radius 3 is 2.46 bits per heavy atom. The summed E-state index contributed by atoms with van der Waals surface area (Å²) < 4.78 is 5.17. The SMILES string of the molecule is COc1ccc(NC(=O)C(c2ccccc2)N2CCCC(NC(C)=O)C2)cc1. The first kappa shape index (κ1) is 19.9. The van der Waals surface area contributed by atoms with Crippen LogP contribution in [0.3, 0.4) is 0 Å². The molecule has 0 aliphatic carbocycles. The monoisotopic (exact) mass is 381 g/mol. The minimum absolute atomic E-state index is 0.0363. The number of carbonyl (C=O) groups excluding carboxylic acids is 2. The molecule has 0 saturated carbocycles. The number of likely N-dealkylation sites (tertiary alicyclic amines) is 1. The molecule has 0 bridgehead atoms. The highest BCUT2D eigenvalue weighted by atomic mass is 16.5. The van der Waals surface area contributed by atoms with Crippen molar-refractivity contribution in [2.24, 2.45) is 0 Å². The second kappa shape index (κ2) is 9.37. The van der Waals surface area contributed by atoms with E-state index in [9.17, 15) is 9.59 Å². The quantitative estimate of drug-likeness (QED) is 0.807. The highest BCUT2D eigenvalue weighted by Gasteiger charge is 2.32. The minimum Gasteiger partial charge on any atom is -0.497 e. The predicted octanol–water partition coefficient (Wildman–Crippen LogP) is 2.98. The molecule has 2 atom stereocenters. The molecule has 28 heavy (non-hydrogen) atoms. The van der Waals surface area contributed by atoms with Crippen LogP contribution in [-0.4, -0.2) is 43.0 Å². The molecule has 1 heterocycles. The fourth-order valence-electron chi connectivity index (χ4n) is 3.69. The highest BCUT2D eigenvalue weighted by Crippen LogP contribution is 2.27. The smallest absolute Gasteiger partial charge is 0.246 e. The number of benzene rings is 2. The molecule has 6 nitrogen and oxygen atoms in total. The third-order valence-electron chi connectivity index (χ3n) is 4.95. The van der Waals surface area contributed by atoms with Gasteiger partial charge in [-0.25, -0.2) is 0 Å². The molecule has 0 radical (unpaired) electrons. The minimum atomic E-state index is -0.417. The molecule has 6 heteroatoms. The lowest BCUT2D eigenvalue weighted by Gasteiger charge is -2.37. The number of anilines is 1. The van der Waals surface area contributed by atoms with E-state index in [4.69, 9.17) is 4.74 Å². The normalized spacial score (nSPS) is 18.1. The second-order valence-electron chi connectivity index (χ2n) is 7.07. The van der Waals surface area contributed by atoms with Gasteiger partial charge in [0.2, 0.25) is 11.8 Å². The van der Waals surface area contributed by atoms with E-state index in [-0.39, 0.29) is 17.9 Å². The lowest BCUT2D eigenvalue weighted by molar-refractivity contribution is -0.122. The summed E-state index contributed by atoms with van der Waals surface area (Å²) in [5.74, 6) is 0.623. The van der Waals surface area contributed by atoms with Gasteiger partial charge in [-0.1, -0.05) is 30.3 Å². The number of nitrogens with one attached hydrogen (secondary N) is 2. The number of amides is 2. The maximum absolute atomic E-state index is 13.2. The van der Waals surface area contributed by atoms with Crippen LogP contribution in [0.5, 0.6) is 5.75 Å². The van der Waals surface area contributed by atoms with Crippen molar-refractivity contribution in [1.82, 2.24) is 10.2 Å². The third kappa shape index (κ3) is 5.10. The van der Waals surface area contributed by atoms with Crippen LogP contribution < -0.4 is 15.4 Å². The average molecular weight is 381 g/mol. The van der Waals surface area contributed by atoms with Crippen LogP contribution in [0.15, 0.2) is 54.6 Å². The van der Waals surface area contributed by atoms with E-state index in [0.29, 0.717) is 6.54 Å². The Labute approximate surface area is 165 Å². The molecule has 2 unspecified atom stereocenters. The maximum Gasteiger partial charge on any atom is 0.246 e. The fourth-order valence-corrected chi connectivity index (χ4v) is 3.69. The number of hydrogen-bond acceptors (Lipinski definition) is 4. The summed E-state index contributed by atoms with van der Waals surface area (Å²) >= 11 is 0. The van der Waals surface area contributed by atoms with Gasteiger partial charge in [0.05, 0.1) is 7.11 Å². The molecule has 1 aliphatic rings. The van der Waals surface area contributed by atoms with E-state index in [0.717, 1.165) is 36.4 Å². The van der Waals surface area contributed by atoms with E-state index in [1.54, 1.807) is 7.11 Å². The maximum atomic E-state index is 13.2. The van der Waals surface area contributed by atoms with E-state index in [1.807, 2.05) is 54.6 Å². The number of carbonyl (C=O) groups is 2. The Hall–Kier alpha value is -2.86. The first-order valence-electron chi connectivity index (χ1n) is 9.58. The van der Waals surface area contributed by atoms with E-state index < -0.39 is 6.04 Å². The lowest BCUT2D eigenvalue weighted by atomic mass is 9.98. The number of methoxy groups -OCH3 is 1. The van der Waals surface area contributed by atoms with E-state index in [2.05, 4.69) is 15.5 Å². The van der Waals surface area contributed by atoms with Crippen molar-refractivity contribution in [3.63, 3.8) is 0 Å². The number of nitrogens with zero attached hydrogens (tertiary/aromatic N) is 1. The second-order valence-corrected chi connectivity index (χ2v) is 7.07. The number of rotatable bonds is 6. The van der Waals surface area contributed by atoms with E-state index >= 15 is 0 Å². The van der Waals surface area contributed by atoms with Crippen LogP contribution >= 0.6 is 0 Å². The molecule has 2 N–H and O–H groups in total. The van der Waals surface area contributed by atoms with Crippen molar-refractivity contribution in [1.29, 1.82) is 0 Å². The van der Waals surface area contributed by atoms with Crippen molar-refractivity contribution < 1.29 is 14.3 Å². The van der Waals surface area contributed by atoms with Crippen molar-refractivity contribution >= 4 is 17.5 Å². The highest BCUT2D eigenvalue weighted by molar-refractivity contribution is 5.95. The number of hydrogen-bond donors (Lipinski definition) is 2. The number of ether oxygens (including phenoxy) is 1. The zero-order chi connectivity index (χ0) is 19.9. The molecular formula is C22H27N3O3. The Kier molecular flexibility index (Phi) is 6.66. The molecule has 2 amide bonds. The van der Waals surface area contributed by atoms with Gasteiger partial charge in [-0.15, -0.1) is 0 Å². The van der Waals surface area contributed by atoms with Crippen LogP contribution in [0.1, 0.15) is 31.4 Å². The molecule has 1 saturated heterocycles. The molecule has 1 fully saturated rings. The van der Waals surface area contributed by atoms with Gasteiger partial charge < -0.3 is 15.4 Å². The van der Waals surface area contributed by atoms with Gasteiger partial charge in [-0.3, -0.25) is 14.5 Å². The zero-order valence-corrected chi connectivity index (χ0v) is 16.4. The lowest BCUT2D eigenvalue weighted by Crippen LogP contribution is -2.50. The summed E-state index contributed by atoms with van der Waals surface area (Å²) in [7, 11) is 1.61. The Bertz CT molecular complexity index is 792. The topological polar surface area (TPSA) is 70.7 Å². The predicted molar refractivity (Wildman–Crippen MR) is 109 cm³/mol. The molecule has 3 rings (SSSR count). The summed E-state index contributed by atoms with van der Waals surface area (Å²) in [4.78, 5) is 26.8. The van der Waals surface area contributed by atoms with Gasteiger partial charge in [0.15, 0.2) is 0 Å². The van der Waals surface area contributed by atoms with Crippen LogP contribution in [0.2, 0.25) is 0 Å². The summed E-state index contributed by atoms with van der Waals surface area (Å²) in [5.41, 5.74) is 1.67. The molecule has 2 aromatic rings. The molecular weight excluding hydrogens is 354 g/mol. The first-order chi connectivity index (χ1) is 13.6. The summed E-state index contributed by atoms with van der Waals surface area (Å²) in [5, 5.41) is 6.01. The van der Waals surface area contributed by atoms with Gasteiger partial charge in [-0.05, 0) is 49.2 Å². The average Bonchev–Trinajstić information content (AvgIpc) is 2.69. The summed E-state index contributed by atoms with van der Waals surface area (Å²) in [6.07, 6.45) is 1.86. The summed E-state index contributed by atoms with van der Waals surface area (Å²) in [6.45, 7) is 2.99. The van der Waals surface area contributed by atoms with Crippen molar-refractivity contribution in [3.8, 4) is 5.75 Å². The van der Waals surface area contributed by atoms with Crippen molar-refractivity contribution in [3.05, 3.63) is 60.2 Å². The van der Waals surface area contributed by atoms with Crippen LogP contribution in [-0.2, 0) is 9.59 Å². The van der Waals surface area contributed by atoms with Gasteiger partial charge >= 0.3 is 0 Å². The zero-order valence-electron chi connectivity index (χ0n) is 16.4. The van der Waals surface area contributed by atoms with E-state index in [1.165, 1.54) is 6.92 Å². The largest absolute Gasteiger partial charge is 0.497 e. The molecule has 0 aromatic heterocycles. The van der Waals surface area contributed by atoms with Crippen LogP contribution in [0.4, 0.5) is 5.69 Å². The van der Waals surface area contributed by atoms with Gasteiger partial charge in [0.1, 0.15) is 11.8 Å². The number of piperidine rings is 1. The fraction of sp³-hybridized carbons (Fsp3) is 0.364. The van der Waals surface area contributed by atoms with Crippen molar-refractivity contribution in [2.75, 3.05) is 25.5 Å². The molecule has 148 valence electrons. The van der Waals surface area contributed by atoms with Gasteiger partial charge in [-0.2, -0.15) is 0 Å².